The number of aromatic nitrogens is 1. The van der Waals surface area contributed by atoms with E-state index in [1.54, 1.807) is 6.92 Å². The maximum Gasteiger partial charge on any atom is 0.306 e. The molecule has 1 heterocycles. The molecule has 1 aliphatic carbocycles. The second-order valence-corrected chi connectivity index (χ2v) is 6.47. The molecule has 0 fully saturated rings. The van der Waals surface area contributed by atoms with E-state index in [4.69, 9.17) is 9.15 Å². The fourth-order valence-electron chi connectivity index (χ4n) is 3.48. The lowest BCUT2D eigenvalue weighted by Crippen LogP contribution is -2.17. The van der Waals surface area contributed by atoms with Gasteiger partial charge in [-0.1, -0.05) is 13.0 Å². The number of oxazole rings is 1. The summed E-state index contributed by atoms with van der Waals surface area (Å²) in [5.41, 5.74) is 3.29. The van der Waals surface area contributed by atoms with Gasteiger partial charge in [-0.3, -0.25) is 4.79 Å². The number of aryl methyl sites for hydroxylation is 3. The molecule has 2 aromatic rings. The van der Waals surface area contributed by atoms with Crippen molar-refractivity contribution in [1.82, 2.24) is 4.98 Å². The summed E-state index contributed by atoms with van der Waals surface area (Å²) in [6, 6.07) is 6.00. The molecule has 24 heavy (non-hydrogen) atoms. The van der Waals surface area contributed by atoms with Crippen molar-refractivity contribution in [3.8, 4) is 5.75 Å². The molecule has 128 valence electrons. The molecule has 2 unspecified atom stereocenters. The van der Waals surface area contributed by atoms with Gasteiger partial charge in [0.25, 0.3) is 0 Å². The van der Waals surface area contributed by atoms with Crippen LogP contribution in [0, 0.1) is 19.8 Å². The highest BCUT2D eigenvalue weighted by Crippen LogP contribution is 2.39. The summed E-state index contributed by atoms with van der Waals surface area (Å²) < 4.78 is 11.3. The van der Waals surface area contributed by atoms with Gasteiger partial charge in [0, 0.05) is 13.3 Å². The molecule has 5 heteroatoms. The average Bonchev–Trinajstić information content (AvgIpc) is 3.09. The van der Waals surface area contributed by atoms with E-state index in [-0.39, 0.29) is 11.8 Å². The number of carboxylic acid groups (broad SMARTS) is 1. The van der Waals surface area contributed by atoms with E-state index in [2.05, 4.69) is 4.98 Å². The molecular weight excluding hydrogens is 306 g/mol. The van der Waals surface area contributed by atoms with Gasteiger partial charge in [0.05, 0.1) is 18.2 Å². The van der Waals surface area contributed by atoms with Crippen LogP contribution in [0.3, 0.4) is 0 Å². The van der Waals surface area contributed by atoms with Crippen LogP contribution >= 0.6 is 0 Å². The standard InChI is InChI=1S/C19H23NO4/c1-11(19(21)22)16-6-4-14-10-15(5-7-17(14)16)23-9-8-18-12(2)24-13(3)20-18/h5,7,10-11,16H,4,6,8-9H2,1-3H3,(H,21,22). The number of carbonyl (C=O) groups is 1. The molecule has 0 amide bonds. The van der Waals surface area contributed by atoms with Gasteiger partial charge >= 0.3 is 5.97 Å². The Labute approximate surface area is 141 Å². The second kappa shape index (κ2) is 6.67. The topological polar surface area (TPSA) is 72.6 Å². The Morgan fingerprint density at radius 1 is 1.46 bits per heavy atom. The van der Waals surface area contributed by atoms with Crippen LogP contribution in [0.2, 0.25) is 0 Å². The average molecular weight is 329 g/mol. The monoisotopic (exact) mass is 329 g/mol. The molecule has 1 aliphatic rings. The highest BCUT2D eigenvalue weighted by atomic mass is 16.5. The third kappa shape index (κ3) is 3.30. The van der Waals surface area contributed by atoms with E-state index < -0.39 is 5.97 Å². The van der Waals surface area contributed by atoms with Crippen molar-refractivity contribution in [2.24, 2.45) is 5.92 Å². The first-order valence-electron chi connectivity index (χ1n) is 8.37. The zero-order valence-corrected chi connectivity index (χ0v) is 14.3. The van der Waals surface area contributed by atoms with Crippen molar-refractivity contribution in [2.75, 3.05) is 6.61 Å². The molecule has 1 aromatic heterocycles. The summed E-state index contributed by atoms with van der Waals surface area (Å²) in [6.07, 6.45) is 2.51. The molecule has 1 aromatic carbocycles. The number of rotatable bonds is 6. The normalized spacial score (nSPS) is 17.5. The molecule has 1 N–H and O–H groups in total. The Bertz CT molecular complexity index is 750. The third-order valence-corrected chi connectivity index (χ3v) is 4.84. The number of carboxylic acids is 1. The van der Waals surface area contributed by atoms with Crippen LogP contribution in [-0.4, -0.2) is 22.7 Å². The Hall–Kier alpha value is -2.30. The summed E-state index contributed by atoms with van der Waals surface area (Å²) in [5.74, 6) is 1.37. The number of ether oxygens (including phenoxy) is 1. The number of fused-ring (bicyclic) bond motifs is 1. The van der Waals surface area contributed by atoms with Crippen LogP contribution < -0.4 is 4.74 Å². The SMILES string of the molecule is Cc1nc(CCOc2ccc3c(c2)CCC3C(C)C(=O)O)c(C)o1. The first-order chi connectivity index (χ1) is 11.5. The lowest BCUT2D eigenvalue weighted by atomic mass is 9.89. The minimum absolute atomic E-state index is 0.104. The van der Waals surface area contributed by atoms with E-state index in [0.29, 0.717) is 18.9 Å². The van der Waals surface area contributed by atoms with Crippen LogP contribution in [0.15, 0.2) is 22.6 Å². The van der Waals surface area contributed by atoms with E-state index in [9.17, 15) is 9.90 Å². The number of aliphatic carboxylic acids is 1. The van der Waals surface area contributed by atoms with E-state index >= 15 is 0 Å². The molecule has 2 atom stereocenters. The molecule has 0 saturated heterocycles. The summed E-state index contributed by atoms with van der Waals surface area (Å²) in [5, 5.41) is 9.23. The number of hydrogen-bond acceptors (Lipinski definition) is 4. The quantitative estimate of drug-likeness (QED) is 0.875. The fourth-order valence-corrected chi connectivity index (χ4v) is 3.48. The minimum atomic E-state index is -0.730. The molecule has 0 saturated carbocycles. The number of nitrogens with zero attached hydrogens (tertiary/aromatic N) is 1. The molecule has 3 rings (SSSR count). The third-order valence-electron chi connectivity index (χ3n) is 4.84. The first-order valence-corrected chi connectivity index (χ1v) is 8.37. The molecule has 0 bridgehead atoms. The second-order valence-electron chi connectivity index (χ2n) is 6.47. The zero-order valence-electron chi connectivity index (χ0n) is 14.3. The van der Waals surface area contributed by atoms with Crippen molar-refractivity contribution in [3.05, 3.63) is 46.7 Å². The maximum atomic E-state index is 11.2. The molecule has 0 spiro atoms. The predicted molar refractivity (Wildman–Crippen MR) is 89.5 cm³/mol. The van der Waals surface area contributed by atoms with Crippen molar-refractivity contribution >= 4 is 5.97 Å². The van der Waals surface area contributed by atoms with Crippen LogP contribution in [0.1, 0.15) is 47.7 Å². The summed E-state index contributed by atoms with van der Waals surface area (Å²) in [6.45, 7) is 6.08. The first kappa shape index (κ1) is 16.6. The van der Waals surface area contributed by atoms with Gasteiger partial charge in [-0.25, -0.2) is 4.98 Å². The number of benzene rings is 1. The summed E-state index contributed by atoms with van der Waals surface area (Å²) in [7, 11) is 0. The van der Waals surface area contributed by atoms with Crippen LogP contribution in [0.5, 0.6) is 5.75 Å². The smallest absolute Gasteiger partial charge is 0.306 e. The van der Waals surface area contributed by atoms with Gasteiger partial charge in [-0.2, -0.15) is 0 Å². The van der Waals surface area contributed by atoms with Gasteiger partial charge in [0.2, 0.25) is 0 Å². The summed E-state index contributed by atoms with van der Waals surface area (Å²) in [4.78, 5) is 15.6. The highest BCUT2D eigenvalue weighted by Gasteiger charge is 2.31. The van der Waals surface area contributed by atoms with E-state index in [1.807, 2.05) is 32.0 Å². The van der Waals surface area contributed by atoms with Gasteiger partial charge in [0.1, 0.15) is 11.5 Å². The van der Waals surface area contributed by atoms with Crippen molar-refractivity contribution in [3.63, 3.8) is 0 Å². The lowest BCUT2D eigenvalue weighted by molar-refractivity contribution is -0.141. The summed E-state index contributed by atoms with van der Waals surface area (Å²) >= 11 is 0. The fraction of sp³-hybridized carbons (Fsp3) is 0.474. The van der Waals surface area contributed by atoms with E-state index in [0.717, 1.165) is 35.6 Å². The van der Waals surface area contributed by atoms with Gasteiger partial charge < -0.3 is 14.3 Å². The van der Waals surface area contributed by atoms with Crippen molar-refractivity contribution < 1.29 is 19.1 Å². The maximum absolute atomic E-state index is 11.2. The number of hydrogen-bond donors (Lipinski definition) is 1. The van der Waals surface area contributed by atoms with Gasteiger partial charge in [0.15, 0.2) is 5.89 Å². The lowest BCUT2D eigenvalue weighted by Gasteiger charge is -2.16. The van der Waals surface area contributed by atoms with Crippen LogP contribution in [0.4, 0.5) is 0 Å². The molecule has 5 nitrogen and oxygen atoms in total. The van der Waals surface area contributed by atoms with Crippen molar-refractivity contribution in [1.29, 1.82) is 0 Å². The zero-order chi connectivity index (χ0) is 17.3. The predicted octanol–water partition coefficient (Wildman–Crippen LogP) is 3.66. The minimum Gasteiger partial charge on any atom is -0.493 e. The largest absolute Gasteiger partial charge is 0.493 e. The Balaban J connectivity index is 1.63. The Morgan fingerprint density at radius 3 is 2.92 bits per heavy atom. The van der Waals surface area contributed by atoms with Gasteiger partial charge in [-0.15, -0.1) is 0 Å². The molecule has 0 radical (unpaired) electrons. The molecule has 0 aliphatic heterocycles. The van der Waals surface area contributed by atoms with Gasteiger partial charge in [-0.05, 0) is 48.9 Å². The Kier molecular flexibility index (Phi) is 4.60. The highest BCUT2D eigenvalue weighted by molar-refractivity contribution is 5.71. The van der Waals surface area contributed by atoms with E-state index in [1.165, 1.54) is 5.56 Å². The van der Waals surface area contributed by atoms with Crippen LogP contribution in [0.25, 0.3) is 0 Å². The van der Waals surface area contributed by atoms with Crippen LogP contribution in [-0.2, 0) is 17.6 Å². The van der Waals surface area contributed by atoms with Crippen molar-refractivity contribution in [2.45, 2.75) is 46.0 Å². The molecular formula is C19H23NO4. The Morgan fingerprint density at radius 2 is 2.25 bits per heavy atom.